The molecule has 5 rings (SSSR count). The fourth-order valence-corrected chi connectivity index (χ4v) is 5.61. The number of amides is 2. The Bertz CT molecular complexity index is 1670. The average molecular weight is 625 g/mol. The normalized spacial score (nSPS) is 18.0. The first-order chi connectivity index (χ1) is 21.1. The number of fused-ring (bicyclic) bond motifs is 3. The van der Waals surface area contributed by atoms with Crippen molar-refractivity contribution in [3.63, 3.8) is 0 Å². The highest BCUT2D eigenvalue weighted by molar-refractivity contribution is 6.06. The first-order valence-corrected chi connectivity index (χ1v) is 15.3. The lowest BCUT2D eigenvalue weighted by atomic mass is 9.97. The molecular weight excluding hydrogens is 585 g/mol. The van der Waals surface area contributed by atoms with E-state index in [1.165, 1.54) is 12.1 Å². The smallest absolute Gasteiger partial charge is 0.410 e. The highest BCUT2D eigenvalue weighted by Crippen LogP contribution is 2.39. The van der Waals surface area contributed by atoms with Gasteiger partial charge in [0.2, 0.25) is 5.91 Å². The third kappa shape index (κ3) is 7.44. The Labute approximate surface area is 260 Å². The Morgan fingerprint density at radius 2 is 1.82 bits per heavy atom. The van der Waals surface area contributed by atoms with Crippen LogP contribution in [-0.4, -0.2) is 53.3 Å². The van der Waals surface area contributed by atoms with Crippen LogP contribution in [0.3, 0.4) is 0 Å². The summed E-state index contributed by atoms with van der Waals surface area (Å²) in [4.78, 5) is 27.1. The molecular formula is C34H39F3N4O4. The minimum atomic E-state index is -4.70. The molecule has 2 amide bonds. The van der Waals surface area contributed by atoms with Gasteiger partial charge in [0.25, 0.3) is 0 Å². The van der Waals surface area contributed by atoms with Crippen LogP contribution in [0.15, 0.2) is 46.9 Å². The number of carbonyl (C=O) groups excluding carboxylic acids is 2. The van der Waals surface area contributed by atoms with Gasteiger partial charge in [-0.15, -0.1) is 0 Å². The van der Waals surface area contributed by atoms with Crippen molar-refractivity contribution in [1.82, 2.24) is 15.5 Å². The third-order valence-electron chi connectivity index (χ3n) is 8.11. The number of hydrogen-bond acceptors (Lipinski definition) is 6. The summed E-state index contributed by atoms with van der Waals surface area (Å²) < 4.78 is 54.9. The Hall–Kier alpha value is -4.04. The zero-order valence-electron chi connectivity index (χ0n) is 26.2. The standard InChI is InChI=1S/C34H39F3N4O4/c1-20(2)16-26(30(42)40-33(19-38)12-13-33)39-29(34(35,36)37)23-6-8-24-25-17-22(7-9-27(25)44-28(24)18-23)21-10-14-41(15-11-21)31(43)45-32(3,4)5/h6-10,17-18,20,26,29,39H,11-16H2,1-5H3,(H,40,42)/t26-,29-/m0/s1. The van der Waals surface area contributed by atoms with Crippen molar-refractivity contribution in [1.29, 1.82) is 5.26 Å². The van der Waals surface area contributed by atoms with Gasteiger partial charge < -0.3 is 19.4 Å². The summed E-state index contributed by atoms with van der Waals surface area (Å²) in [5.74, 6) is -0.674. The van der Waals surface area contributed by atoms with Crippen molar-refractivity contribution >= 4 is 39.5 Å². The highest BCUT2D eigenvalue weighted by atomic mass is 19.4. The molecule has 2 heterocycles. The van der Waals surface area contributed by atoms with Gasteiger partial charge in [-0.25, -0.2) is 4.79 Å². The van der Waals surface area contributed by atoms with E-state index in [9.17, 15) is 28.0 Å². The molecule has 8 nitrogen and oxygen atoms in total. The maximum absolute atomic E-state index is 14.5. The van der Waals surface area contributed by atoms with Gasteiger partial charge in [-0.2, -0.15) is 18.4 Å². The number of furan rings is 1. The maximum Gasteiger partial charge on any atom is 0.410 e. The molecule has 1 fully saturated rings. The summed E-state index contributed by atoms with van der Waals surface area (Å²) in [5, 5.41) is 16.0. The van der Waals surface area contributed by atoms with E-state index in [1.54, 1.807) is 17.0 Å². The van der Waals surface area contributed by atoms with Gasteiger partial charge in [0.15, 0.2) is 0 Å². The fourth-order valence-electron chi connectivity index (χ4n) is 5.61. The molecule has 3 aromatic rings. The van der Waals surface area contributed by atoms with Crippen LogP contribution in [-0.2, 0) is 9.53 Å². The van der Waals surface area contributed by atoms with E-state index in [2.05, 4.69) is 16.7 Å². The number of benzene rings is 2. The van der Waals surface area contributed by atoms with Gasteiger partial charge in [0, 0.05) is 23.9 Å². The molecule has 240 valence electrons. The first-order valence-electron chi connectivity index (χ1n) is 15.3. The number of halogens is 3. The van der Waals surface area contributed by atoms with Gasteiger partial charge in [-0.1, -0.05) is 38.1 Å². The lowest BCUT2D eigenvalue weighted by molar-refractivity contribution is -0.161. The van der Waals surface area contributed by atoms with Crippen molar-refractivity contribution in [3.05, 3.63) is 53.6 Å². The molecule has 45 heavy (non-hydrogen) atoms. The second kappa shape index (κ2) is 12.0. The molecule has 1 saturated carbocycles. The monoisotopic (exact) mass is 624 g/mol. The fraction of sp³-hybridized carbons (Fsp3) is 0.500. The van der Waals surface area contributed by atoms with Crippen LogP contribution in [0.25, 0.3) is 27.5 Å². The Kier molecular flexibility index (Phi) is 8.66. The lowest BCUT2D eigenvalue weighted by Crippen LogP contribution is -2.52. The number of alkyl halides is 3. The van der Waals surface area contributed by atoms with Gasteiger partial charge >= 0.3 is 12.3 Å². The molecule has 2 aromatic carbocycles. The number of nitrogens with one attached hydrogen (secondary N) is 2. The summed E-state index contributed by atoms with van der Waals surface area (Å²) in [7, 11) is 0. The number of nitriles is 1. The minimum Gasteiger partial charge on any atom is -0.456 e. The van der Waals surface area contributed by atoms with Crippen LogP contribution >= 0.6 is 0 Å². The van der Waals surface area contributed by atoms with E-state index < -0.39 is 35.3 Å². The number of hydrogen-bond donors (Lipinski definition) is 2. The molecule has 2 N–H and O–H groups in total. The topological polar surface area (TPSA) is 108 Å². The zero-order chi connectivity index (χ0) is 32.7. The Morgan fingerprint density at radius 1 is 1.09 bits per heavy atom. The number of rotatable bonds is 8. The number of ether oxygens (including phenoxy) is 1. The molecule has 2 atom stereocenters. The molecule has 0 spiro atoms. The van der Waals surface area contributed by atoms with Crippen LogP contribution in [0.1, 0.15) is 77.5 Å². The van der Waals surface area contributed by atoms with Crippen molar-refractivity contribution in [2.24, 2.45) is 5.92 Å². The van der Waals surface area contributed by atoms with E-state index in [1.807, 2.05) is 52.8 Å². The van der Waals surface area contributed by atoms with Crippen LogP contribution < -0.4 is 10.6 Å². The summed E-state index contributed by atoms with van der Waals surface area (Å²) in [6.07, 6.45) is -1.31. The largest absolute Gasteiger partial charge is 0.456 e. The van der Waals surface area contributed by atoms with Crippen molar-refractivity contribution in [2.45, 2.75) is 89.7 Å². The number of carbonyl (C=O) groups is 2. The predicted octanol–water partition coefficient (Wildman–Crippen LogP) is 7.39. The van der Waals surface area contributed by atoms with E-state index in [-0.39, 0.29) is 24.0 Å². The second-order valence-corrected chi connectivity index (χ2v) is 13.5. The average Bonchev–Trinajstić information content (AvgIpc) is 3.64. The van der Waals surface area contributed by atoms with Crippen LogP contribution in [0, 0.1) is 17.2 Å². The second-order valence-electron chi connectivity index (χ2n) is 13.5. The molecule has 1 aliphatic carbocycles. The van der Waals surface area contributed by atoms with Gasteiger partial charge in [0.1, 0.15) is 28.3 Å². The Balaban J connectivity index is 1.39. The summed E-state index contributed by atoms with van der Waals surface area (Å²) >= 11 is 0. The quantitative estimate of drug-likeness (QED) is 0.271. The van der Waals surface area contributed by atoms with E-state index >= 15 is 0 Å². The molecule has 1 aromatic heterocycles. The first kappa shape index (κ1) is 32.4. The predicted molar refractivity (Wildman–Crippen MR) is 165 cm³/mol. The van der Waals surface area contributed by atoms with E-state index in [4.69, 9.17) is 9.15 Å². The van der Waals surface area contributed by atoms with Crippen molar-refractivity contribution in [2.75, 3.05) is 13.1 Å². The molecule has 0 saturated heterocycles. The van der Waals surface area contributed by atoms with Gasteiger partial charge in [-0.3, -0.25) is 10.1 Å². The highest BCUT2D eigenvalue weighted by Gasteiger charge is 2.47. The SMILES string of the molecule is CC(C)C[C@H](N[C@@H](c1ccc2c(c1)oc1ccc(C3=CCN(C(=O)OC(C)(C)C)CC3)cc12)C(F)(F)F)C(=O)NC1(C#N)CC1. The molecule has 11 heteroatoms. The van der Waals surface area contributed by atoms with Crippen molar-refractivity contribution < 1.29 is 31.9 Å². The Morgan fingerprint density at radius 3 is 2.40 bits per heavy atom. The van der Waals surface area contributed by atoms with E-state index in [0.29, 0.717) is 48.9 Å². The summed E-state index contributed by atoms with van der Waals surface area (Å²) in [5.41, 5.74) is 1.21. The van der Waals surface area contributed by atoms with Crippen molar-refractivity contribution in [3.8, 4) is 6.07 Å². The lowest BCUT2D eigenvalue weighted by Gasteiger charge is -2.29. The molecule has 0 unspecified atom stereocenters. The molecule has 0 radical (unpaired) electrons. The number of nitrogens with zero attached hydrogens (tertiary/aromatic N) is 2. The van der Waals surface area contributed by atoms with Crippen LogP contribution in [0.2, 0.25) is 0 Å². The third-order valence-corrected chi connectivity index (χ3v) is 8.11. The maximum atomic E-state index is 14.5. The summed E-state index contributed by atoms with van der Waals surface area (Å²) in [6.45, 7) is 10.1. The molecule has 1 aliphatic heterocycles. The van der Waals surface area contributed by atoms with Gasteiger partial charge in [-0.05, 0) is 87.3 Å². The molecule has 0 bridgehead atoms. The van der Waals surface area contributed by atoms with Crippen LogP contribution in [0.4, 0.5) is 18.0 Å². The molecule has 2 aliphatic rings. The van der Waals surface area contributed by atoms with Crippen LogP contribution in [0.5, 0.6) is 0 Å². The summed E-state index contributed by atoms with van der Waals surface area (Å²) in [6, 6.07) is 8.86. The van der Waals surface area contributed by atoms with E-state index in [0.717, 1.165) is 16.5 Å². The minimum absolute atomic E-state index is 0.0638. The van der Waals surface area contributed by atoms with Gasteiger partial charge in [0.05, 0.1) is 12.1 Å². The zero-order valence-corrected chi connectivity index (χ0v) is 26.2.